The Kier molecular flexibility index (Phi) is 8.25. The molecule has 3 atom stereocenters. The van der Waals surface area contributed by atoms with E-state index in [2.05, 4.69) is 19.2 Å². The lowest BCUT2D eigenvalue weighted by atomic mass is 9.75. The first-order valence-electron chi connectivity index (χ1n) is 8.85. The van der Waals surface area contributed by atoms with Gasteiger partial charge < -0.3 is 5.32 Å². The Bertz CT molecular complexity index is 378. The van der Waals surface area contributed by atoms with E-state index in [1.54, 1.807) is 13.8 Å². The fraction of sp³-hybridized carbons (Fsp3) is 1.00. The molecule has 126 valence electrons. The molecular formula is C17H35NO2S. The molecule has 4 heteroatoms. The molecule has 0 aliphatic heterocycles. The topological polar surface area (TPSA) is 46.2 Å². The minimum Gasteiger partial charge on any atom is -0.314 e. The molecule has 0 aromatic heterocycles. The van der Waals surface area contributed by atoms with Crippen molar-refractivity contribution in [1.29, 1.82) is 0 Å². The highest BCUT2D eigenvalue weighted by atomic mass is 32.2. The van der Waals surface area contributed by atoms with Gasteiger partial charge in [-0.05, 0) is 64.3 Å². The summed E-state index contributed by atoms with van der Waals surface area (Å²) in [7, 11) is -2.90. The maximum absolute atomic E-state index is 12.1. The van der Waals surface area contributed by atoms with Crippen LogP contribution in [-0.2, 0) is 9.84 Å². The molecule has 0 radical (unpaired) electrons. The monoisotopic (exact) mass is 317 g/mol. The van der Waals surface area contributed by atoms with Crippen LogP contribution >= 0.6 is 0 Å². The summed E-state index contributed by atoms with van der Waals surface area (Å²) in [6.07, 6.45) is 8.26. The minimum atomic E-state index is -2.90. The normalized spacial score (nSPS) is 27.2. The van der Waals surface area contributed by atoms with Crippen molar-refractivity contribution in [3.63, 3.8) is 0 Å². The van der Waals surface area contributed by atoms with Gasteiger partial charge in [-0.25, -0.2) is 8.42 Å². The van der Waals surface area contributed by atoms with E-state index >= 15 is 0 Å². The summed E-state index contributed by atoms with van der Waals surface area (Å²) in [5.41, 5.74) is 0. The van der Waals surface area contributed by atoms with Crippen molar-refractivity contribution in [2.24, 2.45) is 11.8 Å². The van der Waals surface area contributed by atoms with Gasteiger partial charge in [0.2, 0.25) is 0 Å². The lowest BCUT2D eigenvalue weighted by molar-refractivity contribution is 0.191. The Balaban J connectivity index is 2.60. The highest BCUT2D eigenvalue weighted by Crippen LogP contribution is 2.34. The van der Waals surface area contributed by atoms with Gasteiger partial charge in [-0.2, -0.15) is 0 Å². The van der Waals surface area contributed by atoms with Crippen LogP contribution in [0.25, 0.3) is 0 Å². The van der Waals surface area contributed by atoms with Crippen molar-refractivity contribution in [2.75, 3.05) is 12.3 Å². The second-order valence-corrected chi connectivity index (χ2v) is 9.67. The molecule has 0 amide bonds. The Labute approximate surface area is 132 Å². The number of rotatable bonds is 9. The molecule has 0 aromatic carbocycles. The standard InChI is InChI=1S/C17H35NO2S/c1-5-7-15-8-9-17(18-11-6-2)16(13-15)10-12-21(19,20)14(3)4/h14-18H,5-13H2,1-4H3. The molecule has 1 aliphatic rings. The Morgan fingerprint density at radius 1 is 1.10 bits per heavy atom. The van der Waals surface area contributed by atoms with Crippen molar-refractivity contribution in [1.82, 2.24) is 5.32 Å². The van der Waals surface area contributed by atoms with Gasteiger partial charge in [0.1, 0.15) is 0 Å². The first-order chi connectivity index (χ1) is 9.90. The Morgan fingerprint density at radius 3 is 2.38 bits per heavy atom. The van der Waals surface area contributed by atoms with Crippen LogP contribution in [0.5, 0.6) is 0 Å². The van der Waals surface area contributed by atoms with E-state index in [-0.39, 0.29) is 5.25 Å². The molecule has 0 bridgehead atoms. The zero-order valence-corrected chi connectivity index (χ0v) is 15.2. The van der Waals surface area contributed by atoms with E-state index in [4.69, 9.17) is 0 Å². The van der Waals surface area contributed by atoms with Crippen molar-refractivity contribution < 1.29 is 8.42 Å². The number of nitrogens with one attached hydrogen (secondary N) is 1. The molecule has 21 heavy (non-hydrogen) atoms. The fourth-order valence-corrected chi connectivity index (χ4v) is 4.60. The zero-order chi connectivity index (χ0) is 15.9. The molecule has 0 saturated heterocycles. The summed E-state index contributed by atoms with van der Waals surface area (Å²) in [4.78, 5) is 0. The van der Waals surface area contributed by atoms with Gasteiger partial charge in [0, 0.05) is 6.04 Å². The van der Waals surface area contributed by atoms with Crippen molar-refractivity contribution in [3.8, 4) is 0 Å². The van der Waals surface area contributed by atoms with Gasteiger partial charge in [0.25, 0.3) is 0 Å². The number of hydrogen-bond acceptors (Lipinski definition) is 3. The summed E-state index contributed by atoms with van der Waals surface area (Å²) in [5, 5.41) is 3.41. The summed E-state index contributed by atoms with van der Waals surface area (Å²) < 4.78 is 24.2. The lowest BCUT2D eigenvalue weighted by Crippen LogP contribution is -2.42. The van der Waals surface area contributed by atoms with Gasteiger partial charge in [-0.15, -0.1) is 0 Å². The van der Waals surface area contributed by atoms with Gasteiger partial charge in [-0.3, -0.25) is 0 Å². The van der Waals surface area contributed by atoms with E-state index < -0.39 is 9.84 Å². The molecule has 3 nitrogen and oxygen atoms in total. The van der Waals surface area contributed by atoms with E-state index in [9.17, 15) is 8.42 Å². The van der Waals surface area contributed by atoms with Crippen molar-refractivity contribution in [3.05, 3.63) is 0 Å². The predicted molar refractivity (Wildman–Crippen MR) is 91.4 cm³/mol. The van der Waals surface area contributed by atoms with E-state index in [0.717, 1.165) is 25.3 Å². The number of sulfone groups is 1. The average Bonchev–Trinajstić information content (AvgIpc) is 2.44. The van der Waals surface area contributed by atoms with Gasteiger partial charge in [0.05, 0.1) is 11.0 Å². The third kappa shape index (κ3) is 6.27. The summed E-state index contributed by atoms with van der Waals surface area (Å²) in [5.74, 6) is 1.70. The summed E-state index contributed by atoms with van der Waals surface area (Å²) in [6, 6.07) is 0.528. The third-order valence-electron chi connectivity index (χ3n) is 4.94. The highest BCUT2D eigenvalue weighted by Gasteiger charge is 2.31. The van der Waals surface area contributed by atoms with Crippen LogP contribution in [0, 0.1) is 11.8 Å². The molecule has 0 heterocycles. The zero-order valence-electron chi connectivity index (χ0n) is 14.4. The summed E-state index contributed by atoms with van der Waals surface area (Å²) >= 11 is 0. The fourth-order valence-electron chi connectivity index (χ4n) is 3.50. The summed E-state index contributed by atoms with van der Waals surface area (Å²) in [6.45, 7) is 9.08. The van der Waals surface area contributed by atoms with Gasteiger partial charge >= 0.3 is 0 Å². The van der Waals surface area contributed by atoms with Gasteiger partial charge in [0.15, 0.2) is 9.84 Å². The smallest absolute Gasteiger partial charge is 0.152 e. The Morgan fingerprint density at radius 2 is 1.81 bits per heavy atom. The third-order valence-corrected chi connectivity index (χ3v) is 7.18. The molecule has 1 rings (SSSR count). The van der Waals surface area contributed by atoms with E-state index in [0.29, 0.717) is 17.7 Å². The first kappa shape index (κ1) is 19.0. The molecule has 0 aromatic rings. The maximum Gasteiger partial charge on any atom is 0.152 e. The molecule has 1 aliphatic carbocycles. The van der Waals surface area contributed by atoms with Crippen LogP contribution in [0.15, 0.2) is 0 Å². The quantitative estimate of drug-likeness (QED) is 0.704. The lowest BCUT2D eigenvalue weighted by Gasteiger charge is -2.37. The van der Waals surface area contributed by atoms with E-state index in [1.807, 2.05) is 0 Å². The van der Waals surface area contributed by atoms with Crippen LogP contribution in [-0.4, -0.2) is 32.0 Å². The molecule has 1 fully saturated rings. The highest BCUT2D eigenvalue weighted by molar-refractivity contribution is 7.91. The van der Waals surface area contributed by atoms with Crippen molar-refractivity contribution >= 4 is 9.84 Å². The van der Waals surface area contributed by atoms with Crippen molar-refractivity contribution in [2.45, 2.75) is 83.9 Å². The van der Waals surface area contributed by atoms with E-state index in [1.165, 1.54) is 32.1 Å². The van der Waals surface area contributed by atoms with Crippen LogP contribution in [0.2, 0.25) is 0 Å². The predicted octanol–water partition coefficient (Wildman–Crippen LogP) is 3.78. The molecule has 3 unspecified atom stereocenters. The first-order valence-corrected chi connectivity index (χ1v) is 10.6. The van der Waals surface area contributed by atoms with Crippen LogP contribution in [0.4, 0.5) is 0 Å². The molecule has 1 saturated carbocycles. The SMILES string of the molecule is CCCNC1CCC(CCC)CC1CCS(=O)(=O)C(C)C. The van der Waals surface area contributed by atoms with Crippen LogP contribution in [0.3, 0.4) is 0 Å². The second-order valence-electron chi connectivity index (χ2n) is 6.99. The largest absolute Gasteiger partial charge is 0.314 e. The molecule has 0 spiro atoms. The molecule has 1 N–H and O–H groups in total. The number of hydrogen-bond donors (Lipinski definition) is 1. The maximum atomic E-state index is 12.1. The second kappa shape index (κ2) is 9.14. The average molecular weight is 318 g/mol. The Hall–Kier alpha value is -0.0900. The minimum absolute atomic E-state index is 0.241. The van der Waals surface area contributed by atoms with Crippen LogP contribution in [0.1, 0.15) is 72.6 Å². The van der Waals surface area contributed by atoms with Gasteiger partial charge in [-0.1, -0.05) is 26.7 Å². The van der Waals surface area contributed by atoms with Crippen LogP contribution < -0.4 is 5.32 Å². The molecular weight excluding hydrogens is 282 g/mol.